The van der Waals surface area contributed by atoms with Crippen LogP contribution >= 0.6 is 0 Å². The van der Waals surface area contributed by atoms with Gasteiger partial charge in [0.05, 0.1) is 0 Å². The average Bonchev–Trinajstić information content (AvgIpc) is 2.74. The standard InChI is InChI=1S/C11H15N5/c12-9-4-2-8(3-5-9)10-14-15-11-13-6-1-7-16(10)11/h1,6-9H,2-5,12H2. The van der Waals surface area contributed by atoms with E-state index in [1.807, 2.05) is 16.7 Å². The van der Waals surface area contributed by atoms with Crippen LogP contribution in [0.4, 0.5) is 0 Å². The van der Waals surface area contributed by atoms with Gasteiger partial charge in [-0.3, -0.25) is 4.40 Å². The second-order valence-electron chi connectivity index (χ2n) is 4.46. The summed E-state index contributed by atoms with van der Waals surface area (Å²) in [6, 6.07) is 2.28. The highest BCUT2D eigenvalue weighted by atomic mass is 15.3. The lowest BCUT2D eigenvalue weighted by Gasteiger charge is -2.24. The Labute approximate surface area is 93.7 Å². The third-order valence-electron chi connectivity index (χ3n) is 3.35. The summed E-state index contributed by atoms with van der Waals surface area (Å²) in [5.41, 5.74) is 5.91. The van der Waals surface area contributed by atoms with Crippen LogP contribution in [0.25, 0.3) is 5.78 Å². The number of rotatable bonds is 1. The summed E-state index contributed by atoms with van der Waals surface area (Å²) in [6.07, 6.45) is 8.10. The molecule has 0 saturated heterocycles. The molecule has 1 saturated carbocycles. The quantitative estimate of drug-likeness (QED) is 0.776. The van der Waals surface area contributed by atoms with Crippen LogP contribution < -0.4 is 5.73 Å². The molecular weight excluding hydrogens is 202 g/mol. The monoisotopic (exact) mass is 217 g/mol. The van der Waals surface area contributed by atoms with E-state index < -0.39 is 0 Å². The van der Waals surface area contributed by atoms with Gasteiger partial charge in [0.1, 0.15) is 5.82 Å². The minimum atomic E-state index is 0.369. The Bertz CT molecular complexity index is 484. The van der Waals surface area contributed by atoms with Crippen LogP contribution in [0.15, 0.2) is 18.5 Å². The molecule has 84 valence electrons. The van der Waals surface area contributed by atoms with Crippen LogP contribution in [0.2, 0.25) is 0 Å². The Morgan fingerprint density at radius 1 is 1.19 bits per heavy atom. The second kappa shape index (κ2) is 3.83. The summed E-state index contributed by atoms with van der Waals surface area (Å²) in [5.74, 6) is 2.21. The van der Waals surface area contributed by atoms with Crippen LogP contribution in [0.1, 0.15) is 37.4 Å². The average molecular weight is 217 g/mol. The van der Waals surface area contributed by atoms with Gasteiger partial charge in [0.15, 0.2) is 0 Å². The van der Waals surface area contributed by atoms with Crippen molar-refractivity contribution in [3.8, 4) is 0 Å². The lowest BCUT2D eigenvalue weighted by molar-refractivity contribution is 0.383. The summed E-state index contributed by atoms with van der Waals surface area (Å²) in [6.45, 7) is 0. The van der Waals surface area contributed by atoms with Gasteiger partial charge in [-0.25, -0.2) is 4.98 Å². The molecule has 5 heteroatoms. The maximum atomic E-state index is 5.91. The minimum absolute atomic E-state index is 0.369. The van der Waals surface area contributed by atoms with Gasteiger partial charge >= 0.3 is 0 Å². The topological polar surface area (TPSA) is 69.1 Å². The minimum Gasteiger partial charge on any atom is -0.328 e. The molecule has 2 aromatic rings. The van der Waals surface area contributed by atoms with Crippen molar-refractivity contribution in [2.45, 2.75) is 37.6 Å². The van der Waals surface area contributed by atoms with Gasteiger partial charge in [-0.1, -0.05) is 0 Å². The highest BCUT2D eigenvalue weighted by Gasteiger charge is 2.23. The van der Waals surface area contributed by atoms with Gasteiger partial charge in [0.25, 0.3) is 5.78 Å². The molecule has 0 radical (unpaired) electrons. The summed E-state index contributed by atoms with van der Waals surface area (Å²) in [4.78, 5) is 4.18. The Balaban J connectivity index is 1.94. The summed E-state index contributed by atoms with van der Waals surface area (Å²) < 4.78 is 1.99. The SMILES string of the molecule is NC1CCC(c2nnc3ncccn23)CC1. The third kappa shape index (κ3) is 1.57. The van der Waals surface area contributed by atoms with E-state index in [4.69, 9.17) is 5.73 Å². The molecule has 2 N–H and O–H groups in total. The molecule has 1 aliphatic carbocycles. The Hall–Kier alpha value is -1.49. The first-order valence-corrected chi connectivity index (χ1v) is 5.76. The number of aromatic nitrogens is 4. The van der Waals surface area contributed by atoms with Crippen LogP contribution in [0, 0.1) is 0 Å². The molecule has 0 amide bonds. The zero-order valence-corrected chi connectivity index (χ0v) is 9.08. The summed E-state index contributed by atoms with van der Waals surface area (Å²) >= 11 is 0. The van der Waals surface area contributed by atoms with Gasteiger partial charge in [-0.05, 0) is 31.7 Å². The number of fused-ring (bicyclic) bond motifs is 1. The molecule has 0 bridgehead atoms. The summed E-state index contributed by atoms with van der Waals surface area (Å²) in [7, 11) is 0. The molecule has 1 fully saturated rings. The van der Waals surface area contributed by atoms with Crippen LogP contribution in [-0.2, 0) is 0 Å². The van der Waals surface area contributed by atoms with Gasteiger partial charge < -0.3 is 5.73 Å². The van der Waals surface area contributed by atoms with E-state index in [-0.39, 0.29) is 0 Å². The van der Waals surface area contributed by atoms with Crippen molar-refractivity contribution in [2.75, 3.05) is 0 Å². The van der Waals surface area contributed by atoms with Crippen molar-refractivity contribution < 1.29 is 0 Å². The molecule has 5 nitrogen and oxygen atoms in total. The number of nitrogens with two attached hydrogens (primary N) is 1. The molecule has 0 aromatic carbocycles. The molecular formula is C11H15N5. The molecule has 2 aromatic heterocycles. The fraction of sp³-hybridized carbons (Fsp3) is 0.545. The van der Waals surface area contributed by atoms with Gasteiger partial charge in [-0.2, -0.15) is 0 Å². The number of hydrogen-bond acceptors (Lipinski definition) is 4. The van der Waals surface area contributed by atoms with Crippen molar-refractivity contribution in [3.63, 3.8) is 0 Å². The molecule has 3 rings (SSSR count). The lowest BCUT2D eigenvalue weighted by atomic mass is 9.86. The third-order valence-corrected chi connectivity index (χ3v) is 3.35. The van der Waals surface area contributed by atoms with E-state index in [1.165, 1.54) is 0 Å². The molecule has 1 aliphatic rings. The van der Waals surface area contributed by atoms with E-state index in [2.05, 4.69) is 15.2 Å². The van der Waals surface area contributed by atoms with Crippen LogP contribution in [0.3, 0.4) is 0 Å². The Morgan fingerprint density at radius 3 is 2.81 bits per heavy atom. The van der Waals surface area contributed by atoms with Gasteiger partial charge in [0, 0.05) is 24.4 Å². The zero-order valence-electron chi connectivity index (χ0n) is 9.08. The van der Waals surface area contributed by atoms with Crippen molar-refractivity contribution in [1.82, 2.24) is 19.6 Å². The molecule has 0 atom stereocenters. The summed E-state index contributed by atoms with van der Waals surface area (Å²) in [5, 5.41) is 8.34. The fourth-order valence-electron chi connectivity index (χ4n) is 2.42. The smallest absolute Gasteiger partial charge is 0.254 e. The van der Waals surface area contributed by atoms with E-state index in [1.54, 1.807) is 6.20 Å². The highest BCUT2D eigenvalue weighted by Crippen LogP contribution is 2.30. The second-order valence-corrected chi connectivity index (χ2v) is 4.46. The molecule has 16 heavy (non-hydrogen) atoms. The maximum absolute atomic E-state index is 5.91. The Kier molecular flexibility index (Phi) is 2.32. The zero-order chi connectivity index (χ0) is 11.0. The largest absolute Gasteiger partial charge is 0.328 e. The molecule has 2 heterocycles. The fourth-order valence-corrected chi connectivity index (χ4v) is 2.42. The number of nitrogens with zero attached hydrogens (tertiary/aromatic N) is 4. The van der Waals surface area contributed by atoms with Gasteiger partial charge in [0.2, 0.25) is 0 Å². The van der Waals surface area contributed by atoms with Crippen molar-refractivity contribution in [2.24, 2.45) is 5.73 Å². The van der Waals surface area contributed by atoms with Crippen molar-refractivity contribution >= 4 is 5.78 Å². The first-order valence-electron chi connectivity index (χ1n) is 5.76. The predicted octanol–water partition coefficient (Wildman–Crippen LogP) is 1.11. The van der Waals surface area contributed by atoms with E-state index in [0.717, 1.165) is 31.5 Å². The highest BCUT2D eigenvalue weighted by molar-refractivity contribution is 5.27. The normalized spacial score (nSPS) is 26.1. The predicted molar refractivity (Wildman–Crippen MR) is 60.0 cm³/mol. The van der Waals surface area contributed by atoms with E-state index >= 15 is 0 Å². The van der Waals surface area contributed by atoms with E-state index in [9.17, 15) is 0 Å². The van der Waals surface area contributed by atoms with Gasteiger partial charge in [-0.15, -0.1) is 10.2 Å². The van der Waals surface area contributed by atoms with Crippen LogP contribution in [-0.4, -0.2) is 25.6 Å². The molecule has 0 spiro atoms. The first-order chi connectivity index (χ1) is 7.84. The lowest BCUT2D eigenvalue weighted by Crippen LogP contribution is -2.26. The van der Waals surface area contributed by atoms with E-state index in [0.29, 0.717) is 17.7 Å². The first kappa shape index (κ1) is 9.72. The maximum Gasteiger partial charge on any atom is 0.254 e. The van der Waals surface area contributed by atoms with Crippen LogP contribution in [0.5, 0.6) is 0 Å². The molecule has 0 aliphatic heterocycles. The van der Waals surface area contributed by atoms with Crippen molar-refractivity contribution in [1.29, 1.82) is 0 Å². The van der Waals surface area contributed by atoms with Crippen molar-refractivity contribution in [3.05, 3.63) is 24.3 Å². The number of hydrogen-bond donors (Lipinski definition) is 1. The molecule has 0 unspecified atom stereocenters. The Morgan fingerprint density at radius 2 is 2.00 bits per heavy atom.